The third kappa shape index (κ3) is 4.74. The van der Waals surface area contributed by atoms with E-state index in [4.69, 9.17) is 32.4 Å². The predicted molar refractivity (Wildman–Crippen MR) is 125 cm³/mol. The minimum absolute atomic E-state index is 0.303. The molecule has 31 heavy (non-hydrogen) atoms. The van der Waals surface area contributed by atoms with Crippen molar-refractivity contribution in [2.24, 2.45) is 0 Å². The van der Waals surface area contributed by atoms with Gasteiger partial charge < -0.3 is 14.5 Å². The van der Waals surface area contributed by atoms with E-state index < -0.39 is 0 Å². The molecule has 0 bridgehead atoms. The van der Waals surface area contributed by atoms with Gasteiger partial charge in [-0.1, -0.05) is 29.3 Å². The van der Waals surface area contributed by atoms with Gasteiger partial charge in [-0.3, -0.25) is 4.79 Å². The van der Waals surface area contributed by atoms with Crippen molar-refractivity contribution in [1.82, 2.24) is 4.98 Å². The zero-order chi connectivity index (χ0) is 22.0. The number of aryl methyl sites for hydroxylation is 1. The van der Waals surface area contributed by atoms with Crippen molar-refractivity contribution in [1.29, 1.82) is 0 Å². The second kappa shape index (κ2) is 8.84. The average molecular weight is 453 g/mol. The summed E-state index contributed by atoms with van der Waals surface area (Å²) in [6.45, 7) is 2.01. The maximum atomic E-state index is 12.3. The number of aromatic nitrogens is 1. The van der Waals surface area contributed by atoms with E-state index in [2.05, 4.69) is 10.3 Å². The summed E-state index contributed by atoms with van der Waals surface area (Å²) >= 11 is 12.2. The molecule has 3 aromatic carbocycles. The van der Waals surface area contributed by atoms with Crippen LogP contribution in [0.2, 0.25) is 10.0 Å². The van der Waals surface area contributed by atoms with Gasteiger partial charge in [0.25, 0.3) is 0 Å². The molecule has 0 spiro atoms. The Kier molecular flexibility index (Phi) is 5.98. The van der Waals surface area contributed by atoms with Gasteiger partial charge >= 0.3 is 0 Å². The van der Waals surface area contributed by atoms with E-state index in [0.717, 1.165) is 22.2 Å². The first-order chi connectivity index (χ1) is 14.9. The van der Waals surface area contributed by atoms with Crippen LogP contribution in [0.5, 0.6) is 5.75 Å². The van der Waals surface area contributed by atoms with Crippen LogP contribution in [0.4, 0.5) is 5.69 Å². The van der Waals surface area contributed by atoms with Gasteiger partial charge in [-0.2, -0.15) is 0 Å². The second-order valence-corrected chi connectivity index (χ2v) is 7.74. The van der Waals surface area contributed by atoms with Crippen LogP contribution in [0.25, 0.3) is 28.6 Å². The number of rotatable bonds is 5. The molecule has 0 saturated carbocycles. The predicted octanol–water partition coefficient (Wildman–Crippen LogP) is 6.77. The minimum Gasteiger partial charge on any atom is -0.495 e. The smallest absolute Gasteiger partial charge is 0.248 e. The Bertz CT molecular complexity index is 1290. The fourth-order valence-corrected chi connectivity index (χ4v) is 3.71. The molecule has 7 heteroatoms. The largest absolute Gasteiger partial charge is 0.495 e. The summed E-state index contributed by atoms with van der Waals surface area (Å²) in [5, 5.41) is 3.64. The molecule has 4 rings (SSSR count). The summed E-state index contributed by atoms with van der Waals surface area (Å²) in [6.07, 6.45) is 2.99. The zero-order valence-corrected chi connectivity index (χ0v) is 18.3. The van der Waals surface area contributed by atoms with Gasteiger partial charge in [0.2, 0.25) is 11.8 Å². The number of oxazole rings is 1. The van der Waals surface area contributed by atoms with Crippen LogP contribution in [-0.4, -0.2) is 18.0 Å². The van der Waals surface area contributed by atoms with Crippen molar-refractivity contribution in [3.63, 3.8) is 0 Å². The van der Waals surface area contributed by atoms with Crippen LogP contribution in [0.15, 0.2) is 65.1 Å². The summed E-state index contributed by atoms with van der Waals surface area (Å²) in [4.78, 5) is 16.9. The number of methoxy groups -OCH3 is 1. The highest BCUT2D eigenvalue weighted by atomic mass is 35.5. The molecule has 0 fully saturated rings. The van der Waals surface area contributed by atoms with Gasteiger partial charge in [-0.25, -0.2) is 4.98 Å². The maximum Gasteiger partial charge on any atom is 0.248 e. The van der Waals surface area contributed by atoms with Crippen molar-refractivity contribution in [2.45, 2.75) is 6.92 Å². The van der Waals surface area contributed by atoms with E-state index in [1.165, 1.54) is 13.2 Å². The van der Waals surface area contributed by atoms with Crippen LogP contribution in [0.1, 0.15) is 11.1 Å². The van der Waals surface area contributed by atoms with Gasteiger partial charge in [0, 0.05) is 27.9 Å². The molecule has 0 radical (unpaired) electrons. The number of nitrogens with one attached hydrogen (secondary N) is 1. The Labute approximate surface area is 189 Å². The van der Waals surface area contributed by atoms with Crippen molar-refractivity contribution < 1.29 is 13.9 Å². The van der Waals surface area contributed by atoms with E-state index in [0.29, 0.717) is 32.9 Å². The number of amides is 1. The lowest BCUT2D eigenvalue weighted by Gasteiger charge is -2.08. The molecule has 0 aliphatic heterocycles. The molecule has 0 aliphatic carbocycles. The van der Waals surface area contributed by atoms with Crippen molar-refractivity contribution in [2.75, 3.05) is 12.4 Å². The van der Waals surface area contributed by atoms with Gasteiger partial charge in [0.05, 0.1) is 12.1 Å². The van der Waals surface area contributed by atoms with E-state index in [1.54, 1.807) is 30.3 Å². The molecule has 0 unspecified atom stereocenters. The summed E-state index contributed by atoms with van der Waals surface area (Å²) in [5.41, 5.74) is 4.74. The molecule has 1 N–H and O–H groups in total. The van der Waals surface area contributed by atoms with Crippen LogP contribution in [0, 0.1) is 6.92 Å². The molecule has 0 atom stereocenters. The van der Waals surface area contributed by atoms with E-state index in [-0.39, 0.29) is 5.91 Å². The number of benzene rings is 3. The molecule has 1 aromatic heterocycles. The molecule has 1 amide bonds. The highest BCUT2D eigenvalue weighted by Crippen LogP contribution is 2.33. The number of hydrogen-bond acceptors (Lipinski definition) is 4. The molecule has 0 aliphatic rings. The van der Waals surface area contributed by atoms with Crippen LogP contribution in [-0.2, 0) is 4.79 Å². The molecular weight excluding hydrogens is 435 g/mol. The number of hydrogen-bond donors (Lipinski definition) is 1. The fourth-order valence-electron chi connectivity index (χ4n) is 3.13. The number of halogens is 2. The molecule has 5 nitrogen and oxygen atoms in total. The Hall–Kier alpha value is -3.28. The number of carbonyl (C=O) groups is 1. The Balaban J connectivity index is 1.47. The van der Waals surface area contributed by atoms with Gasteiger partial charge in [0.1, 0.15) is 11.3 Å². The molecule has 4 aromatic rings. The van der Waals surface area contributed by atoms with Crippen LogP contribution < -0.4 is 10.1 Å². The lowest BCUT2D eigenvalue weighted by atomic mass is 10.1. The van der Waals surface area contributed by atoms with E-state index in [1.807, 2.05) is 37.3 Å². The minimum atomic E-state index is -0.303. The second-order valence-electron chi connectivity index (χ2n) is 6.90. The Morgan fingerprint density at radius 1 is 1.10 bits per heavy atom. The number of ether oxygens (including phenoxy) is 1. The number of fused-ring (bicyclic) bond motifs is 1. The highest BCUT2D eigenvalue weighted by molar-refractivity contribution is 6.36. The van der Waals surface area contributed by atoms with Crippen LogP contribution in [0.3, 0.4) is 0 Å². The monoisotopic (exact) mass is 452 g/mol. The fraction of sp³-hybridized carbons (Fsp3) is 0.0833. The maximum absolute atomic E-state index is 12.3. The lowest BCUT2D eigenvalue weighted by molar-refractivity contribution is -0.111. The summed E-state index contributed by atoms with van der Waals surface area (Å²) in [7, 11) is 1.51. The quantitative estimate of drug-likeness (QED) is 0.339. The van der Waals surface area contributed by atoms with Gasteiger partial charge in [0.15, 0.2) is 5.58 Å². The van der Waals surface area contributed by atoms with Crippen molar-refractivity contribution in [3.8, 4) is 17.2 Å². The summed E-state index contributed by atoms with van der Waals surface area (Å²) in [6, 6.07) is 16.4. The van der Waals surface area contributed by atoms with Crippen molar-refractivity contribution >= 4 is 52.0 Å². The zero-order valence-electron chi connectivity index (χ0n) is 16.8. The standard InChI is InChI=1S/C24H18Cl2N2O3/c1-14-3-9-21-20(11-14)28-24(31-21)15-4-7-18(8-5-15)27-22(29)10-6-16-12-17(25)13-19(26)23(16)30-2/h3-13H,1-2H3,(H,27,29)/b10-6+. The molecular formula is C24H18Cl2N2O3. The number of nitrogens with zero attached hydrogens (tertiary/aromatic N) is 1. The highest BCUT2D eigenvalue weighted by Gasteiger charge is 2.10. The normalized spacial score (nSPS) is 11.2. The van der Waals surface area contributed by atoms with Gasteiger partial charge in [-0.15, -0.1) is 0 Å². The SMILES string of the molecule is COc1c(Cl)cc(Cl)cc1/C=C/C(=O)Nc1ccc(-c2nc3cc(C)ccc3o2)cc1. The molecule has 156 valence electrons. The van der Waals surface area contributed by atoms with Crippen molar-refractivity contribution in [3.05, 3.63) is 81.8 Å². The van der Waals surface area contributed by atoms with Crippen LogP contribution >= 0.6 is 23.2 Å². The first-order valence-electron chi connectivity index (χ1n) is 9.42. The first kappa shape index (κ1) is 21.0. The van der Waals surface area contributed by atoms with E-state index in [9.17, 15) is 4.79 Å². The third-order valence-electron chi connectivity index (χ3n) is 4.60. The van der Waals surface area contributed by atoms with Gasteiger partial charge in [-0.05, 0) is 67.1 Å². The topological polar surface area (TPSA) is 64.4 Å². The summed E-state index contributed by atoms with van der Waals surface area (Å²) < 4.78 is 11.1. The Morgan fingerprint density at radius 3 is 2.61 bits per heavy atom. The number of carbonyl (C=O) groups excluding carboxylic acids is 1. The average Bonchev–Trinajstić information content (AvgIpc) is 3.15. The first-order valence-corrected chi connectivity index (χ1v) is 10.2. The lowest BCUT2D eigenvalue weighted by Crippen LogP contribution is -2.07. The van der Waals surface area contributed by atoms with E-state index >= 15 is 0 Å². The molecule has 1 heterocycles. The third-order valence-corrected chi connectivity index (χ3v) is 5.10. The molecule has 0 saturated heterocycles. The Morgan fingerprint density at radius 2 is 1.87 bits per heavy atom. The number of anilines is 1. The summed E-state index contributed by atoms with van der Waals surface area (Å²) in [5.74, 6) is 0.680.